The van der Waals surface area contributed by atoms with E-state index in [0.717, 1.165) is 0 Å². The molecule has 0 rings (SSSR count). The van der Waals surface area contributed by atoms with Crippen molar-refractivity contribution in [2.24, 2.45) is 0 Å². The molecule has 0 aliphatic carbocycles. The van der Waals surface area contributed by atoms with Crippen LogP contribution >= 0.6 is 0 Å². The molecule has 0 aromatic rings. The number of hydrogen-bond donors (Lipinski definition) is 3. The standard InChI is InChI=1S/C12H22N2O6/c1-4-20-7-8(2)13-12(18)14-9(11(16)17)5-6-10(15)19-3/h8-9H,4-7H2,1-3H3,(H,16,17)(H2,13,14,18)/t8?,9-/m1/s1. The third kappa shape index (κ3) is 8.30. The van der Waals surface area contributed by atoms with E-state index in [4.69, 9.17) is 9.84 Å². The molecule has 0 saturated heterocycles. The SMILES string of the molecule is CCOCC(C)NC(=O)N[C@H](CCC(=O)OC)C(=O)O. The van der Waals surface area contributed by atoms with Gasteiger partial charge in [-0.05, 0) is 20.3 Å². The number of esters is 1. The molecule has 116 valence electrons. The van der Waals surface area contributed by atoms with Gasteiger partial charge >= 0.3 is 18.0 Å². The van der Waals surface area contributed by atoms with Crippen molar-refractivity contribution in [3.63, 3.8) is 0 Å². The number of carbonyl (C=O) groups is 3. The molecule has 0 saturated carbocycles. The highest BCUT2D eigenvalue weighted by molar-refractivity contribution is 5.83. The molecule has 3 N–H and O–H groups in total. The van der Waals surface area contributed by atoms with Gasteiger partial charge in [0.2, 0.25) is 0 Å². The fourth-order valence-corrected chi connectivity index (χ4v) is 1.38. The van der Waals surface area contributed by atoms with Crippen LogP contribution in [0.4, 0.5) is 4.79 Å². The molecular formula is C12H22N2O6. The highest BCUT2D eigenvalue weighted by Gasteiger charge is 2.21. The van der Waals surface area contributed by atoms with Gasteiger partial charge in [-0.2, -0.15) is 0 Å². The number of hydrogen-bond acceptors (Lipinski definition) is 5. The molecule has 2 atom stereocenters. The summed E-state index contributed by atoms with van der Waals surface area (Å²) in [6, 6.07) is -2.01. The van der Waals surface area contributed by atoms with Gasteiger partial charge in [0.25, 0.3) is 0 Å². The Morgan fingerprint density at radius 3 is 2.40 bits per heavy atom. The first-order valence-corrected chi connectivity index (χ1v) is 6.35. The van der Waals surface area contributed by atoms with E-state index in [1.807, 2.05) is 6.92 Å². The summed E-state index contributed by atoms with van der Waals surface area (Å²) >= 11 is 0. The van der Waals surface area contributed by atoms with E-state index in [1.54, 1.807) is 6.92 Å². The average Bonchev–Trinajstić information content (AvgIpc) is 2.40. The molecule has 0 heterocycles. The smallest absolute Gasteiger partial charge is 0.326 e. The van der Waals surface area contributed by atoms with Crippen LogP contribution in [0.5, 0.6) is 0 Å². The van der Waals surface area contributed by atoms with Crippen molar-refractivity contribution < 1.29 is 29.0 Å². The second-order valence-electron chi connectivity index (χ2n) is 4.18. The lowest BCUT2D eigenvalue weighted by atomic mass is 10.1. The summed E-state index contributed by atoms with van der Waals surface area (Å²) in [6.45, 7) is 4.44. The maximum Gasteiger partial charge on any atom is 0.326 e. The van der Waals surface area contributed by atoms with E-state index < -0.39 is 24.0 Å². The van der Waals surface area contributed by atoms with Gasteiger partial charge in [-0.1, -0.05) is 0 Å². The van der Waals surface area contributed by atoms with Crippen LogP contribution in [-0.4, -0.2) is 55.5 Å². The second-order valence-corrected chi connectivity index (χ2v) is 4.18. The summed E-state index contributed by atoms with van der Waals surface area (Å²) in [5.41, 5.74) is 0. The number of rotatable bonds is 9. The molecule has 0 aromatic carbocycles. The Kier molecular flexibility index (Phi) is 9.10. The number of ether oxygens (including phenoxy) is 2. The number of carbonyl (C=O) groups excluding carboxylic acids is 2. The third-order valence-electron chi connectivity index (χ3n) is 2.42. The predicted octanol–water partition coefficient (Wildman–Crippen LogP) is 0.117. The Bertz CT molecular complexity index is 334. The van der Waals surface area contributed by atoms with Crippen LogP contribution < -0.4 is 10.6 Å². The monoisotopic (exact) mass is 290 g/mol. The van der Waals surface area contributed by atoms with Crippen LogP contribution in [0.1, 0.15) is 26.7 Å². The largest absolute Gasteiger partial charge is 0.480 e. The zero-order chi connectivity index (χ0) is 15.5. The van der Waals surface area contributed by atoms with Crippen molar-refractivity contribution in [1.82, 2.24) is 10.6 Å². The number of urea groups is 1. The topological polar surface area (TPSA) is 114 Å². The van der Waals surface area contributed by atoms with E-state index in [2.05, 4.69) is 15.4 Å². The summed E-state index contributed by atoms with van der Waals surface area (Å²) in [7, 11) is 1.22. The van der Waals surface area contributed by atoms with Crippen molar-refractivity contribution in [1.29, 1.82) is 0 Å². The van der Waals surface area contributed by atoms with Gasteiger partial charge in [0.1, 0.15) is 6.04 Å². The molecule has 0 aliphatic heterocycles. The van der Waals surface area contributed by atoms with Crippen molar-refractivity contribution in [3.05, 3.63) is 0 Å². The van der Waals surface area contributed by atoms with Crippen molar-refractivity contribution in [2.45, 2.75) is 38.8 Å². The van der Waals surface area contributed by atoms with Crippen molar-refractivity contribution in [2.75, 3.05) is 20.3 Å². The Morgan fingerprint density at radius 1 is 1.25 bits per heavy atom. The van der Waals surface area contributed by atoms with Gasteiger partial charge in [0, 0.05) is 13.0 Å². The highest BCUT2D eigenvalue weighted by atomic mass is 16.5. The minimum atomic E-state index is -1.21. The van der Waals surface area contributed by atoms with Crippen molar-refractivity contribution in [3.8, 4) is 0 Å². The Hall–Kier alpha value is -1.83. The number of carboxylic acids is 1. The van der Waals surface area contributed by atoms with Crippen LogP contribution in [0, 0.1) is 0 Å². The lowest BCUT2D eigenvalue weighted by molar-refractivity contribution is -0.142. The molecule has 0 spiro atoms. The van der Waals surface area contributed by atoms with Crippen molar-refractivity contribution >= 4 is 18.0 Å². The fraction of sp³-hybridized carbons (Fsp3) is 0.750. The van der Waals surface area contributed by atoms with Gasteiger partial charge in [0.15, 0.2) is 0 Å². The molecule has 2 amide bonds. The molecule has 20 heavy (non-hydrogen) atoms. The molecular weight excluding hydrogens is 268 g/mol. The highest BCUT2D eigenvalue weighted by Crippen LogP contribution is 1.99. The minimum Gasteiger partial charge on any atom is -0.480 e. The van der Waals surface area contributed by atoms with Crippen LogP contribution in [-0.2, 0) is 19.1 Å². The number of carboxylic acid groups (broad SMARTS) is 1. The zero-order valence-corrected chi connectivity index (χ0v) is 12.0. The summed E-state index contributed by atoms with van der Waals surface area (Å²) in [5, 5.41) is 13.8. The first-order valence-electron chi connectivity index (χ1n) is 6.35. The quantitative estimate of drug-likeness (QED) is 0.520. The van der Waals surface area contributed by atoms with Gasteiger partial charge < -0.3 is 25.2 Å². The molecule has 0 fully saturated rings. The molecule has 1 unspecified atom stereocenters. The number of methoxy groups -OCH3 is 1. The van der Waals surface area contributed by atoms with E-state index in [1.165, 1.54) is 7.11 Å². The number of aliphatic carboxylic acids is 1. The van der Waals surface area contributed by atoms with E-state index in [-0.39, 0.29) is 18.9 Å². The second kappa shape index (κ2) is 10.0. The lowest BCUT2D eigenvalue weighted by Crippen LogP contribution is -2.49. The Labute approximate surface area is 117 Å². The van der Waals surface area contributed by atoms with Crippen LogP contribution in [0.15, 0.2) is 0 Å². The first kappa shape index (κ1) is 18.2. The van der Waals surface area contributed by atoms with E-state index in [0.29, 0.717) is 13.2 Å². The number of amides is 2. The molecule has 0 aromatic heterocycles. The first-order chi connectivity index (χ1) is 9.40. The lowest BCUT2D eigenvalue weighted by Gasteiger charge is -2.18. The van der Waals surface area contributed by atoms with Crippen LogP contribution in [0.3, 0.4) is 0 Å². The molecule has 0 aliphatic rings. The Balaban J connectivity index is 4.20. The molecule has 8 heteroatoms. The Morgan fingerprint density at radius 2 is 1.90 bits per heavy atom. The van der Waals surface area contributed by atoms with E-state index in [9.17, 15) is 14.4 Å². The fourth-order valence-electron chi connectivity index (χ4n) is 1.38. The normalized spacial score (nSPS) is 13.2. The van der Waals surface area contributed by atoms with Gasteiger partial charge in [-0.25, -0.2) is 9.59 Å². The molecule has 0 radical (unpaired) electrons. The van der Waals surface area contributed by atoms with Gasteiger partial charge in [-0.15, -0.1) is 0 Å². The molecule has 8 nitrogen and oxygen atoms in total. The molecule has 0 bridgehead atoms. The predicted molar refractivity (Wildman–Crippen MR) is 70.3 cm³/mol. The zero-order valence-electron chi connectivity index (χ0n) is 12.0. The van der Waals surface area contributed by atoms with E-state index >= 15 is 0 Å². The van der Waals surface area contributed by atoms with Crippen LogP contribution in [0.2, 0.25) is 0 Å². The van der Waals surface area contributed by atoms with Gasteiger partial charge in [-0.3, -0.25) is 4.79 Å². The summed E-state index contributed by atoms with van der Waals surface area (Å²) in [4.78, 5) is 33.5. The maximum absolute atomic E-state index is 11.6. The summed E-state index contributed by atoms with van der Waals surface area (Å²) < 4.78 is 9.54. The average molecular weight is 290 g/mol. The third-order valence-corrected chi connectivity index (χ3v) is 2.42. The van der Waals surface area contributed by atoms with Gasteiger partial charge in [0.05, 0.1) is 19.8 Å². The summed E-state index contributed by atoms with van der Waals surface area (Å²) in [5.74, 6) is -1.73. The summed E-state index contributed by atoms with van der Waals surface area (Å²) in [6.07, 6.45) is -0.114. The minimum absolute atomic E-state index is 0.0325. The number of nitrogens with one attached hydrogen (secondary N) is 2. The van der Waals surface area contributed by atoms with Crippen LogP contribution in [0.25, 0.3) is 0 Å². The maximum atomic E-state index is 11.6.